The molecular weight excluding hydrogens is 494 g/mol. The summed E-state index contributed by atoms with van der Waals surface area (Å²) >= 11 is 6.11. The van der Waals surface area contributed by atoms with Gasteiger partial charge in [0.25, 0.3) is 11.8 Å². The van der Waals surface area contributed by atoms with Gasteiger partial charge in [0.1, 0.15) is 12.4 Å². The maximum absolute atomic E-state index is 12.6. The number of carbonyl (C=O) groups is 2. The molecule has 2 amide bonds. The monoisotopic (exact) mass is 521 g/mol. The molecule has 3 aromatic carbocycles. The van der Waals surface area contributed by atoms with Crippen LogP contribution < -0.4 is 25.0 Å². The van der Waals surface area contributed by atoms with Gasteiger partial charge in [0.15, 0.2) is 18.1 Å². The highest BCUT2D eigenvalue weighted by atomic mass is 35.5. The van der Waals surface area contributed by atoms with Crippen LogP contribution in [0.2, 0.25) is 5.02 Å². The number of aryl methyl sites for hydroxylation is 1. The number of nitrogens with zero attached hydrogens (tertiary/aromatic N) is 1. The topological polar surface area (TPSA) is 98.3 Å². The van der Waals surface area contributed by atoms with Crippen LogP contribution >= 0.6 is 11.6 Å². The highest BCUT2D eigenvalue weighted by Crippen LogP contribution is 2.28. The Labute approximate surface area is 220 Å². The number of hydrazone groups is 1. The molecule has 192 valence electrons. The van der Waals surface area contributed by atoms with Crippen LogP contribution in [0.15, 0.2) is 78.4 Å². The highest BCUT2D eigenvalue weighted by molar-refractivity contribution is 6.31. The van der Waals surface area contributed by atoms with Crippen molar-refractivity contribution in [2.24, 2.45) is 5.10 Å². The number of ether oxygens (including phenoxy) is 3. The van der Waals surface area contributed by atoms with Gasteiger partial charge in [-0.15, -0.1) is 0 Å². The summed E-state index contributed by atoms with van der Waals surface area (Å²) in [4.78, 5) is 24.9. The third-order valence-electron chi connectivity index (χ3n) is 4.97. The molecular formula is C28H28ClN3O5. The van der Waals surface area contributed by atoms with E-state index in [0.717, 1.165) is 5.56 Å². The van der Waals surface area contributed by atoms with Crippen molar-refractivity contribution < 1.29 is 23.8 Å². The van der Waals surface area contributed by atoms with E-state index >= 15 is 0 Å². The van der Waals surface area contributed by atoms with Crippen molar-refractivity contribution in [3.8, 4) is 17.2 Å². The molecule has 0 aliphatic rings. The molecule has 0 saturated carbocycles. The lowest BCUT2D eigenvalue weighted by atomic mass is 10.2. The number of hydrogen-bond acceptors (Lipinski definition) is 6. The summed E-state index contributed by atoms with van der Waals surface area (Å²) < 4.78 is 16.8. The third kappa shape index (κ3) is 8.12. The molecule has 0 spiro atoms. The Morgan fingerprint density at radius 2 is 1.81 bits per heavy atom. The zero-order chi connectivity index (χ0) is 26.6. The van der Waals surface area contributed by atoms with E-state index in [1.807, 2.05) is 19.9 Å². The van der Waals surface area contributed by atoms with Gasteiger partial charge in [0.2, 0.25) is 0 Å². The van der Waals surface area contributed by atoms with E-state index in [1.165, 1.54) is 6.21 Å². The largest absolute Gasteiger partial charge is 0.490 e. The first-order valence-corrected chi connectivity index (χ1v) is 11.9. The number of para-hydroxylation sites is 1. The van der Waals surface area contributed by atoms with Crippen LogP contribution in [-0.4, -0.2) is 37.8 Å². The molecule has 0 aliphatic heterocycles. The van der Waals surface area contributed by atoms with Crippen molar-refractivity contribution in [1.29, 1.82) is 0 Å². The molecule has 9 heteroatoms. The molecule has 0 aliphatic carbocycles. The Morgan fingerprint density at radius 1 is 1.00 bits per heavy atom. The number of benzene rings is 3. The lowest BCUT2D eigenvalue weighted by molar-refractivity contribution is -0.118. The molecule has 0 fully saturated rings. The average molecular weight is 522 g/mol. The van der Waals surface area contributed by atoms with Crippen LogP contribution in [0.3, 0.4) is 0 Å². The Morgan fingerprint density at radius 3 is 2.57 bits per heavy atom. The van der Waals surface area contributed by atoms with Gasteiger partial charge in [-0.2, -0.15) is 5.10 Å². The van der Waals surface area contributed by atoms with Crippen molar-refractivity contribution in [1.82, 2.24) is 5.43 Å². The molecule has 0 aromatic heterocycles. The van der Waals surface area contributed by atoms with Gasteiger partial charge < -0.3 is 19.5 Å². The molecule has 0 unspecified atom stereocenters. The van der Waals surface area contributed by atoms with Gasteiger partial charge in [0, 0.05) is 21.8 Å². The summed E-state index contributed by atoms with van der Waals surface area (Å²) in [5, 5.41) is 7.34. The fraction of sp³-hybridized carbons (Fsp3) is 0.179. The van der Waals surface area contributed by atoms with E-state index in [9.17, 15) is 9.59 Å². The van der Waals surface area contributed by atoms with Crippen LogP contribution in [0.1, 0.15) is 28.4 Å². The second-order valence-electron chi connectivity index (χ2n) is 7.73. The van der Waals surface area contributed by atoms with Crippen molar-refractivity contribution in [3.05, 3.63) is 95.0 Å². The molecule has 0 heterocycles. The van der Waals surface area contributed by atoms with Crippen LogP contribution in [0, 0.1) is 6.92 Å². The number of rotatable bonds is 12. The second-order valence-corrected chi connectivity index (χ2v) is 8.14. The molecule has 8 nitrogen and oxygen atoms in total. The Hall–Kier alpha value is -4.30. The van der Waals surface area contributed by atoms with Gasteiger partial charge in [-0.3, -0.25) is 9.59 Å². The first-order chi connectivity index (χ1) is 17.9. The summed E-state index contributed by atoms with van der Waals surface area (Å²) in [5.74, 6) is 0.626. The van der Waals surface area contributed by atoms with Crippen LogP contribution in [0.5, 0.6) is 17.2 Å². The van der Waals surface area contributed by atoms with Crippen LogP contribution in [-0.2, 0) is 4.79 Å². The van der Waals surface area contributed by atoms with Crippen molar-refractivity contribution in [2.45, 2.75) is 13.8 Å². The molecule has 3 rings (SSSR count). The van der Waals surface area contributed by atoms with Crippen LogP contribution in [0.4, 0.5) is 5.69 Å². The predicted octanol–water partition coefficient (Wildman–Crippen LogP) is 5.39. The smallest absolute Gasteiger partial charge is 0.271 e. The second kappa shape index (κ2) is 13.7. The van der Waals surface area contributed by atoms with Gasteiger partial charge >= 0.3 is 0 Å². The SMILES string of the molecule is C=CCOc1ccc(C(=O)N/N=C/c2ccccc2OCC(=O)Nc2ccc(C)c(Cl)c2)cc1OCC. The van der Waals surface area contributed by atoms with Gasteiger partial charge in [0.05, 0.1) is 12.8 Å². The molecule has 0 atom stereocenters. The molecule has 3 aromatic rings. The number of nitrogens with one attached hydrogen (secondary N) is 2. The minimum absolute atomic E-state index is 0.219. The maximum atomic E-state index is 12.6. The number of amides is 2. The minimum atomic E-state index is -0.429. The standard InChI is InChI=1S/C28H28ClN3O5/c1-4-14-36-25-13-11-20(15-26(25)35-5-2)28(34)32-30-17-21-8-6-7-9-24(21)37-18-27(33)31-22-12-10-19(3)23(29)16-22/h4,6-13,15-17H,1,5,14,18H2,2-3H3,(H,31,33)(H,32,34)/b30-17+. The summed E-state index contributed by atoms with van der Waals surface area (Å²) in [6, 6.07) is 17.1. The summed E-state index contributed by atoms with van der Waals surface area (Å²) in [6.07, 6.45) is 3.06. The fourth-order valence-electron chi connectivity index (χ4n) is 3.14. The van der Waals surface area contributed by atoms with Gasteiger partial charge in [-0.1, -0.05) is 42.5 Å². The third-order valence-corrected chi connectivity index (χ3v) is 5.37. The number of anilines is 1. The van der Waals surface area contributed by atoms with Gasteiger partial charge in [-0.05, 0) is 61.9 Å². The minimum Gasteiger partial charge on any atom is -0.490 e. The van der Waals surface area contributed by atoms with Crippen molar-refractivity contribution in [2.75, 3.05) is 25.1 Å². The average Bonchev–Trinajstić information content (AvgIpc) is 2.89. The van der Waals surface area contributed by atoms with E-state index in [-0.39, 0.29) is 12.5 Å². The maximum Gasteiger partial charge on any atom is 0.271 e. The summed E-state index contributed by atoms with van der Waals surface area (Å²) in [7, 11) is 0. The first-order valence-electron chi connectivity index (χ1n) is 11.5. The molecule has 0 radical (unpaired) electrons. The lowest BCUT2D eigenvalue weighted by Gasteiger charge is -2.12. The van der Waals surface area contributed by atoms with E-state index in [1.54, 1.807) is 60.7 Å². The number of carbonyl (C=O) groups excluding carboxylic acids is 2. The van der Waals surface area contributed by atoms with E-state index in [4.69, 9.17) is 25.8 Å². The zero-order valence-corrected chi connectivity index (χ0v) is 21.4. The van der Waals surface area contributed by atoms with Gasteiger partial charge in [-0.25, -0.2) is 5.43 Å². The number of hydrogen-bond donors (Lipinski definition) is 2. The van der Waals surface area contributed by atoms with E-state index in [0.29, 0.717) is 52.3 Å². The van der Waals surface area contributed by atoms with Crippen LogP contribution in [0.25, 0.3) is 0 Å². The quantitative estimate of drug-likeness (QED) is 0.189. The predicted molar refractivity (Wildman–Crippen MR) is 145 cm³/mol. The molecule has 0 bridgehead atoms. The van der Waals surface area contributed by atoms with Crippen molar-refractivity contribution in [3.63, 3.8) is 0 Å². The Kier molecular flexibility index (Phi) is 10.1. The summed E-state index contributed by atoms with van der Waals surface area (Å²) in [6.45, 7) is 7.87. The van der Waals surface area contributed by atoms with E-state index in [2.05, 4.69) is 22.4 Å². The Bertz CT molecular complexity index is 1290. The van der Waals surface area contributed by atoms with E-state index < -0.39 is 5.91 Å². The molecule has 2 N–H and O–H groups in total. The fourth-order valence-corrected chi connectivity index (χ4v) is 3.32. The zero-order valence-electron chi connectivity index (χ0n) is 20.6. The summed E-state index contributed by atoms with van der Waals surface area (Å²) in [5.41, 5.74) is 4.91. The Balaban J connectivity index is 1.60. The lowest BCUT2D eigenvalue weighted by Crippen LogP contribution is -2.20. The first kappa shape index (κ1) is 27.3. The molecule has 37 heavy (non-hydrogen) atoms. The number of halogens is 1. The normalized spacial score (nSPS) is 10.6. The highest BCUT2D eigenvalue weighted by Gasteiger charge is 2.12. The molecule has 0 saturated heterocycles. The van der Waals surface area contributed by atoms with Crippen molar-refractivity contribution >= 4 is 35.3 Å².